The maximum atomic E-state index is 12.8. The largest absolute Gasteiger partial charge is 0.480 e. The highest BCUT2D eigenvalue weighted by Gasteiger charge is 2.41. The first-order valence-electron chi connectivity index (χ1n) is 9.95. The molecule has 1 atom stereocenters. The van der Waals surface area contributed by atoms with Crippen molar-refractivity contribution in [1.29, 1.82) is 0 Å². The van der Waals surface area contributed by atoms with E-state index in [1.807, 2.05) is 0 Å². The predicted octanol–water partition coefficient (Wildman–Crippen LogP) is 1.68. The van der Waals surface area contributed by atoms with Crippen LogP contribution in [-0.2, 0) is 14.6 Å². The normalized spacial score (nSPS) is 11.5. The van der Waals surface area contributed by atoms with Gasteiger partial charge in [0.05, 0.1) is 19.7 Å². The smallest absolute Gasteiger partial charge is 0.364 e. The Labute approximate surface area is 207 Å². The number of benzene rings is 2. The number of carbonyl (C=O) groups is 1. The molecule has 37 heavy (non-hydrogen) atoms. The Hall–Kier alpha value is -4.62. The van der Waals surface area contributed by atoms with Crippen molar-refractivity contribution < 1.29 is 38.0 Å². The molecule has 2 aromatic rings. The molecule has 18 nitrogen and oxygen atoms in total. The lowest BCUT2D eigenvalue weighted by Crippen LogP contribution is -2.29. The summed E-state index contributed by atoms with van der Waals surface area (Å²) in [5, 5.41) is 52.7. The number of nitrogens with zero attached hydrogens (tertiary/aromatic N) is 4. The highest BCUT2D eigenvalue weighted by atomic mass is 32.2. The van der Waals surface area contributed by atoms with Gasteiger partial charge in [0.2, 0.25) is 9.84 Å². The molecule has 0 aromatic heterocycles. The molecule has 0 unspecified atom stereocenters. The van der Waals surface area contributed by atoms with Gasteiger partial charge in [-0.1, -0.05) is 18.6 Å². The van der Waals surface area contributed by atoms with Crippen molar-refractivity contribution in [3.63, 3.8) is 0 Å². The third kappa shape index (κ3) is 7.43. The minimum atomic E-state index is -5.09. The van der Waals surface area contributed by atoms with Gasteiger partial charge in [0.1, 0.15) is 6.04 Å². The van der Waals surface area contributed by atoms with Crippen LogP contribution in [0.5, 0.6) is 0 Å². The summed E-state index contributed by atoms with van der Waals surface area (Å²) < 4.78 is 25.6. The predicted molar refractivity (Wildman–Crippen MR) is 123 cm³/mol. The SMILES string of the molecule is NCCCC[C@H](N)C(=O)O.O=[N+]([O-])c1cccc(S(=O)(=O)c2cccc([N+](=O)[O-])c2[N+](=O)[O-])c1[N+](=O)[O-]. The summed E-state index contributed by atoms with van der Waals surface area (Å²) in [6, 6.07) is 3.60. The maximum Gasteiger partial charge on any atom is 0.364 e. The van der Waals surface area contributed by atoms with E-state index in [0.29, 0.717) is 37.2 Å². The van der Waals surface area contributed by atoms with E-state index in [1.165, 1.54) is 0 Å². The number of hydrogen-bond donors (Lipinski definition) is 3. The minimum Gasteiger partial charge on any atom is -0.480 e. The number of unbranched alkanes of at least 4 members (excludes halogenated alkanes) is 1. The van der Waals surface area contributed by atoms with Crippen LogP contribution in [0.15, 0.2) is 46.2 Å². The Morgan fingerprint density at radius 2 is 1.22 bits per heavy atom. The standard InChI is InChI=1S/C12H6N4O10S.C6H14N2O2/c17-13(18)7-3-1-5-9(11(7)15(21)22)27(25,26)10-6-2-4-8(14(19)20)12(10)16(23)24;7-4-2-1-3-5(8)6(9)10/h1-6H;5H,1-4,7-8H2,(H,9,10)/t;5-/m.0/s1. The third-order valence-electron chi connectivity index (χ3n) is 4.58. The molecule has 19 heteroatoms. The molecular formula is C18H20N6O12S. The monoisotopic (exact) mass is 544 g/mol. The number of nitro groups is 4. The summed E-state index contributed by atoms with van der Waals surface area (Å²) >= 11 is 0. The molecule has 0 aliphatic carbocycles. The van der Waals surface area contributed by atoms with Crippen LogP contribution in [0.4, 0.5) is 22.7 Å². The van der Waals surface area contributed by atoms with Crippen molar-refractivity contribution >= 4 is 38.6 Å². The van der Waals surface area contributed by atoms with Crippen LogP contribution in [0.2, 0.25) is 0 Å². The molecule has 0 bridgehead atoms. The van der Waals surface area contributed by atoms with Crippen molar-refractivity contribution in [2.24, 2.45) is 11.5 Å². The summed E-state index contributed by atoms with van der Waals surface area (Å²) in [5.41, 5.74) is 5.28. The lowest BCUT2D eigenvalue weighted by atomic mass is 10.1. The second-order valence-corrected chi connectivity index (χ2v) is 8.90. The molecule has 2 rings (SSSR count). The molecule has 5 N–H and O–H groups in total. The topological polar surface area (TPSA) is 296 Å². The zero-order valence-corrected chi connectivity index (χ0v) is 19.5. The molecule has 0 fully saturated rings. The Morgan fingerprint density at radius 3 is 1.51 bits per heavy atom. The van der Waals surface area contributed by atoms with Gasteiger partial charge in [-0.25, -0.2) is 8.42 Å². The first-order valence-corrected chi connectivity index (χ1v) is 11.4. The lowest BCUT2D eigenvalue weighted by molar-refractivity contribution is -0.425. The molecule has 0 heterocycles. The number of rotatable bonds is 11. The number of hydrogen-bond acceptors (Lipinski definition) is 13. The molecule has 2 aromatic carbocycles. The van der Waals surface area contributed by atoms with Gasteiger partial charge < -0.3 is 16.6 Å². The third-order valence-corrected chi connectivity index (χ3v) is 6.40. The second kappa shape index (κ2) is 12.9. The molecule has 0 amide bonds. The highest BCUT2D eigenvalue weighted by Crippen LogP contribution is 2.41. The number of sulfone groups is 1. The Bertz CT molecular complexity index is 1250. The Kier molecular flexibility index (Phi) is 10.6. The fourth-order valence-electron chi connectivity index (χ4n) is 2.87. The number of aliphatic carboxylic acids is 1. The molecule has 0 radical (unpaired) electrons. The summed E-state index contributed by atoms with van der Waals surface area (Å²) in [6.07, 6.45) is 2.16. The number of nitro benzene ring substituents is 4. The van der Waals surface area contributed by atoms with E-state index < -0.39 is 74.1 Å². The van der Waals surface area contributed by atoms with Crippen LogP contribution in [0.25, 0.3) is 0 Å². The lowest BCUT2D eigenvalue weighted by Gasteiger charge is -2.06. The zero-order chi connectivity index (χ0) is 28.5. The fraction of sp³-hybridized carbons (Fsp3) is 0.278. The summed E-state index contributed by atoms with van der Waals surface area (Å²) in [6.45, 7) is 0.604. The summed E-state index contributed by atoms with van der Waals surface area (Å²) in [5.74, 6) is -0.933. The molecule has 0 aliphatic heterocycles. The van der Waals surface area contributed by atoms with E-state index >= 15 is 0 Å². The molecule has 0 aliphatic rings. The van der Waals surface area contributed by atoms with Crippen molar-refractivity contribution in [1.82, 2.24) is 0 Å². The minimum absolute atomic E-state index is 0.520. The van der Waals surface area contributed by atoms with Crippen LogP contribution in [0.1, 0.15) is 19.3 Å². The molecule has 0 saturated heterocycles. The summed E-state index contributed by atoms with van der Waals surface area (Å²) in [7, 11) is -5.09. The van der Waals surface area contributed by atoms with Crippen molar-refractivity contribution in [3.05, 3.63) is 76.9 Å². The van der Waals surface area contributed by atoms with E-state index in [4.69, 9.17) is 16.6 Å². The van der Waals surface area contributed by atoms with Crippen LogP contribution < -0.4 is 11.5 Å². The van der Waals surface area contributed by atoms with Crippen molar-refractivity contribution in [2.75, 3.05) is 6.54 Å². The Balaban J connectivity index is 0.000000580. The van der Waals surface area contributed by atoms with Crippen LogP contribution >= 0.6 is 0 Å². The van der Waals surface area contributed by atoms with E-state index in [2.05, 4.69) is 0 Å². The van der Waals surface area contributed by atoms with E-state index in [1.54, 1.807) is 0 Å². The number of carboxylic acid groups (broad SMARTS) is 1. The fourth-order valence-corrected chi connectivity index (χ4v) is 4.49. The van der Waals surface area contributed by atoms with E-state index in [0.717, 1.165) is 25.0 Å². The molecule has 0 spiro atoms. The van der Waals surface area contributed by atoms with Crippen molar-refractivity contribution in [2.45, 2.75) is 35.1 Å². The van der Waals surface area contributed by atoms with Gasteiger partial charge in [-0.2, -0.15) is 0 Å². The van der Waals surface area contributed by atoms with Gasteiger partial charge in [-0.05, 0) is 31.5 Å². The van der Waals surface area contributed by atoms with Gasteiger partial charge in [0.15, 0.2) is 9.79 Å². The average molecular weight is 544 g/mol. The average Bonchev–Trinajstić information content (AvgIpc) is 2.83. The van der Waals surface area contributed by atoms with Gasteiger partial charge in [0, 0.05) is 12.1 Å². The van der Waals surface area contributed by atoms with Gasteiger partial charge in [-0.15, -0.1) is 0 Å². The van der Waals surface area contributed by atoms with Crippen LogP contribution in [0.3, 0.4) is 0 Å². The van der Waals surface area contributed by atoms with Crippen LogP contribution in [0, 0.1) is 40.5 Å². The van der Waals surface area contributed by atoms with Gasteiger partial charge >= 0.3 is 28.7 Å². The maximum absolute atomic E-state index is 12.8. The first kappa shape index (κ1) is 30.4. The molecule has 0 saturated carbocycles. The second-order valence-electron chi connectivity index (χ2n) is 7.01. The highest BCUT2D eigenvalue weighted by molar-refractivity contribution is 7.91. The van der Waals surface area contributed by atoms with Gasteiger partial charge in [0.25, 0.3) is 0 Å². The summed E-state index contributed by atoms with van der Waals surface area (Å²) in [4.78, 5) is 47.1. The van der Waals surface area contributed by atoms with Crippen molar-refractivity contribution in [3.8, 4) is 0 Å². The number of nitrogens with two attached hydrogens (primary N) is 2. The molecular weight excluding hydrogens is 524 g/mol. The first-order chi connectivity index (χ1) is 17.2. The van der Waals surface area contributed by atoms with Gasteiger partial charge in [-0.3, -0.25) is 45.3 Å². The Morgan fingerprint density at radius 1 is 0.811 bits per heavy atom. The van der Waals surface area contributed by atoms with E-state index in [-0.39, 0.29) is 0 Å². The van der Waals surface area contributed by atoms with Crippen LogP contribution in [-0.4, -0.2) is 51.8 Å². The van der Waals surface area contributed by atoms with E-state index in [9.17, 15) is 53.7 Å². The number of para-hydroxylation sites is 2. The number of carboxylic acids is 1. The molecule has 200 valence electrons. The zero-order valence-electron chi connectivity index (χ0n) is 18.7. The quantitative estimate of drug-likeness (QED) is 0.206.